The Bertz CT molecular complexity index is 847. The Kier molecular flexibility index (Phi) is 9.82. The second kappa shape index (κ2) is 11.9. The predicted molar refractivity (Wildman–Crippen MR) is 126 cm³/mol. The molecular weight excluding hydrogens is 424 g/mol. The van der Waals surface area contributed by atoms with E-state index in [0.29, 0.717) is 0 Å². The summed E-state index contributed by atoms with van der Waals surface area (Å²) in [6.45, 7) is 10.8. The van der Waals surface area contributed by atoms with Crippen molar-refractivity contribution >= 4 is 5.97 Å². The molecule has 4 N–H and O–H groups in total. The van der Waals surface area contributed by atoms with Gasteiger partial charge in [-0.15, -0.1) is 0 Å². The molecule has 184 valence electrons. The lowest BCUT2D eigenvalue weighted by molar-refractivity contribution is -0.291. The minimum absolute atomic E-state index is 0.0398. The number of ether oxygens (including phenoxy) is 2. The molecule has 1 saturated heterocycles. The normalized spacial score (nSPS) is 31.6. The molecule has 0 radical (unpaired) electrons. The maximum Gasteiger partial charge on any atom is 0.335 e. The summed E-state index contributed by atoms with van der Waals surface area (Å²) >= 11 is 0. The Balaban J connectivity index is 1.90. The lowest BCUT2D eigenvalue weighted by atomic mass is 9.72. The quantitative estimate of drug-likeness (QED) is 0.408. The van der Waals surface area contributed by atoms with Crippen molar-refractivity contribution in [2.24, 2.45) is 5.41 Å². The number of carboxylic acid groups (broad SMARTS) is 1. The standard InChI is InChI=1S/C26H38O7/c1-16(11-12-19-18(3)10-7-14-26(19,4)5)8-6-9-17(2)13-15-32-25-22(29)20(27)21(28)23(33-25)24(30)31/h6,8-9,11-13,20-23,25,27-29H,7,10,14-15H2,1-5H3,(H,30,31)/b9-6+,12-11+,16-8+,17-13+. The summed E-state index contributed by atoms with van der Waals surface area (Å²) in [5.74, 6) is -1.44. The molecule has 1 fully saturated rings. The van der Waals surface area contributed by atoms with Crippen LogP contribution in [0.2, 0.25) is 0 Å². The van der Waals surface area contributed by atoms with Crippen LogP contribution in [0.15, 0.2) is 58.7 Å². The third-order valence-electron chi connectivity index (χ3n) is 6.25. The van der Waals surface area contributed by atoms with Crippen LogP contribution >= 0.6 is 0 Å². The molecule has 33 heavy (non-hydrogen) atoms. The van der Waals surface area contributed by atoms with Gasteiger partial charge in [0.05, 0.1) is 6.61 Å². The molecule has 0 aromatic heterocycles. The topological polar surface area (TPSA) is 116 Å². The Morgan fingerprint density at radius 2 is 1.82 bits per heavy atom. The molecule has 0 spiro atoms. The highest BCUT2D eigenvalue weighted by Gasteiger charge is 2.47. The van der Waals surface area contributed by atoms with Crippen LogP contribution in [0, 0.1) is 5.41 Å². The van der Waals surface area contributed by atoms with Crippen LogP contribution < -0.4 is 0 Å². The number of carboxylic acids is 1. The monoisotopic (exact) mass is 462 g/mol. The van der Waals surface area contributed by atoms with Gasteiger partial charge in [0, 0.05) is 0 Å². The van der Waals surface area contributed by atoms with Gasteiger partial charge in [0.15, 0.2) is 12.4 Å². The van der Waals surface area contributed by atoms with Gasteiger partial charge in [-0.2, -0.15) is 0 Å². The van der Waals surface area contributed by atoms with Crippen LogP contribution in [0.3, 0.4) is 0 Å². The molecule has 0 amide bonds. The summed E-state index contributed by atoms with van der Waals surface area (Å²) in [5, 5.41) is 38.5. The predicted octanol–water partition coefficient (Wildman–Crippen LogP) is 3.43. The third kappa shape index (κ3) is 7.48. The fraction of sp³-hybridized carbons (Fsp3) is 0.577. The van der Waals surface area contributed by atoms with Crippen molar-refractivity contribution in [2.45, 2.75) is 84.6 Å². The number of rotatable bonds is 8. The first-order chi connectivity index (χ1) is 15.4. The average molecular weight is 463 g/mol. The second-order valence-electron chi connectivity index (χ2n) is 9.55. The zero-order chi connectivity index (χ0) is 24.8. The van der Waals surface area contributed by atoms with Crippen LogP contribution in [0.5, 0.6) is 0 Å². The number of hydrogen-bond donors (Lipinski definition) is 4. The largest absolute Gasteiger partial charge is 0.479 e. The van der Waals surface area contributed by atoms with Crippen molar-refractivity contribution in [2.75, 3.05) is 6.61 Å². The van der Waals surface area contributed by atoms with E-state index in [4.69, 9.17) is 14.6 Å². The first-order valence-corrected chi connectivity index (χ1v) is 11.4. The highest BCUT2D eigenvalue weighted by Crippen LogP contribution is 2.40. The molecule has 0 aromatic rings. The highest BCUT2D eigenvalue weighted by molar-refractivity contribution is 5.73. The number of aliphatic hydroxyl groups excluding tert-OH is 3. The lowest BCUT2D eigenvalue weighted by Crippen LogP contribution is -2.60. The number of hydrogen-bond acceptors (Lipinski definition) is 6. The van der Waals surface area contributed by atoms with Gasteiger partial charge in [-0.1, -0.05) is 67.0 Å². The molecule has 5 atom stereocenters. The van der Waals surface area contributed by atoms with E-state index in [0.717, 1.165) is 17.6 Å². The van der Waals surface area contributed by atoms with Gasteiger partial charge in [-0.05, 0) is 51.0 Å². The van der Waals surface area contributed by atoms with E-state index >= 15 is 0 Å². The molecule has 1 aliphatic heterocycles. The zero-order valence-electron chi connectivity index (χ0n) is 20.2. The molecule has 7 heteroatoms. The minimum Gasteiger partial charge on any atom is -0.479 e. The SMILES string of the molecule is CC1=C(/C=C/C(C)=C/C=C/C(C)=C/COC2OC(C(=O)O)C(O)C(O)C2O)C(C)(C)CCC1. The van der Waals surface area contributed by atoms with E-state index in [1.54, 1.807) is 6.08 Å². The van der Waals surface area contributed by atoms with Crippen molar-refractivity contribution in [3.05, 3.63) is 58.7 Å². The fourth-order valence-corrected chi connectivity index (χ4v) is 4.16. The van der Waals surface area contributed by atoms with Crippen molar-refractivity contribution in [3.8, 4) is 0 Å². The third-order valence-corrected chi connectivity index (χ3v) is 6.25. The molecule has 5 unspecified atom stereocenters. The molecule has 2 aliphatic rings. The highest BCUT2D eigenvalue weighted by atomic mass is 16.7. The van der Waals surface area contributed by atoms with E-state index in [1.807, 2.05) is 25.2 Å². The summed E-state index contributed by atoms with van der Waals surface area (Å²) in [6, 6.07) is 0. The van der Waals surface area contributed by atoms with Gasteiger partial charge in [0.25, 0.3) is 0 Å². The van der Waals surface area contributed by atoms with Crippen LogP contribution in [0.4, 0.5) is 0 Å². The summed E-state index contributed by atoms with van der Waals surface area (Å²) < 4.78 is 10.5. The average Bonchev–Trinajstić information content (AvgIpc) is 2.72. The van der Waals surface area contributed by atoms with Gasteiger partial charge in [0.2, 0.25) is 0 Å². The van der Waals surface area contributed by atoms with Crippen LogP contribution in [0.1, 0.15) is 53.9 Å². The number of aliphatic hydroxyl groups is 3. The molecule has 0 aromatic carbocycles. The van der Waals surface area contributed by atoms with Crippen LogP contribution in [0.25, 0.3) is 0 Å². The van der Waals surface area contributed by atoms with Crippen LogP contribution in [-0.2, 0) is 14.3 Å². The number of aliphatic carboxylic acids is 1. The van der Waals surface area contributed by atoms with E-state index in [2.05, 4.69) is 39.8 Å². The van der Waals surface area contributed by atoms with E-state index in [9.17, 15) is 20.1 Å². The van der Waals surface area contributed by atoms with E-state index in [1.165, 1.54) is 24.0 Å². The first kappa shape index (κ1) is 27.2. The molecule has 1 aliphatic carbocycles. The second-order valence-corrected chi connectivity index (χ2v) is 9.55. The van der Waals surface area contributed by atoms with E-state index < -0.39 is 36.7 Å². The smallest absolute Gasteiger partial charge is 0.335 e. The fourth-order valence-electron chi connectivity index (χ4n) is 4.16. The van der Waals surface area contributed by atoms with Crippen LogP contribution in [-0.4, -0.2) is 63.7 Å². The van der Waals surface area contributed by atoms with Gasteiger partial charge in [-0.25, -0.2) is 4.79 Å². The maximum absolute atomic E-state index is 11.1. The summed E-state index contributed by atoms with van der Waals surface area (Å²) in [7, 11) is 0. The lowest BCUT2D eigenvalue weighted by Gasteiger charge is -2.38. The van der Waals surface area contributed by atoms with Gasteiger partial charge in [0.1, 0.15) is 18.3 Å². The van der Waals surface area contributed by atoms with Crippen molar-refractivity contribution in [1.29, 1.82) is 0 Å². The van der Waals surface area contributed by atoms with Crippen molar-refractivity contribution < 1.29 is 34.7 Å². The van der Waals surface area contributed by atoms with Gasteiger partial charge in [-0.3, -0.25) is 0 Å². The Labute approximate surface area is 196 Å². The van der Waals surface area contributed by atoms with E-state index in [-0.39, 0.29) is 12.0 Å². The molecule has 7 nitrogen and oxygen atoms in total. The zero-order valence-corrected chi connectivity index (χ0v) is 20.2. The Morgan fingerprint density at radius 1 is 1.12 bits per heavy atom. The molecular formula is C26H38O7. The molecule has 2 rings (SSSR count). The van der Waals surface area contributed by atoms with Gasteiger partial charge >= 0.3 is 5.97 Å². The first-order valence-electron chi connectivity index (χ1n) is 11.4. The molecule has 0 saturated carbocycles. The van der Waals surface area contributed by atoms with Gasteiger partial charge < -0.3 is 29.9 Å². The maximum atomic E-state index is 11.1. The summed E-state index contributed by atoms with van der Waals surface area (Å²) in [5.41, 5.74) is 5.13. The summed E-state index contributed by atoms with van der Waals surface area (Å²) in [4.78, 5) is 11.1. The number of carbonyl (C=O) groups is 1. The Hall–Kier alpha value is -2.03. The number of allylic oxidation sites excluding steroid dienone is 9. The molecule has 1 heterocycles. The Morgan fingerprint density at radius 3 is 2.45 bits per heavy atom. The minimum atomic E-state index is -1.73. The van der Waals surface area contributed by atoms with Crippen molar-refractivity contribution in [1.82, 2.24) is 0 Å². The van der Waals surface area contributed by atoms with Crippen molar-refractivity contribution in [3.63, 3.8) is 0 Å². The summed E-state index contributed by atoms with van der Waals surface area (Å²) in [6.07, 6.45) is 7.62. The molecule has 0 bridgehead atoms.